The number of aliphatic carboxylic acids is 1. The lowest BCUT2D eigenvalue weighted by Crippen LogP contribution is -2.32. The molecule has 0 aromatic carbocycles. The molecule has 0 amide bonds. The number of aliphatic hydroxyl groups is 1. The first kappa shape index (κ1) is 8.87. The first-order chi connectivity index (χ1) is 5.13. The smallest absolute Gasteiger partial charge is 0.332 e. The fraction of sp³-hybridized carbons (Fsp3) is 0.857. The topological polar surface area (TPSA) is 57.5 Å². The van der Waals surface area contributed by atoms with Crippen LogP contribution in [0.5, 0.6) is 0 Å². The van der Waals surface area contributed by atoms with Gasteiger partial charge < -0.3 is 10.2 Å². The second kappa shape index (κ2) is 3.45. The quantitative estimate of drug-likeness (QED) is 0.646. The van der Waals surface area contributed by atoms with E-state index in [1.807, 2.05) is 6.92 Å². The average molecular weight is 176 g/mol. The van der Waals surface area contributed by atoms with Gasteiger partial charge in [-0.1, -0.05) is 6.92 Å². The summed E-state index contributed by atoms with van der Waals surface area (Å²) in [6.45, 7) is 1.97. The van der Waals surface area contributed by atoms with E-state index in [2.05, 4.69) is 0 Å². The van der Waals surface area contributed by atoms with Crippen molar-refractivity contribution >= 4 is 17.7 Å². The Kier molecular flexibility index (Phi) is 2.78. The fourth-order valence-electron chi connectivity index (χ4n) is 1.35. The van der Waals surface area contributed by atoms with Gasteiger partial charge in [-0.15, -0.1) is 0 Å². The Morgan fingerprint density at radius 3 is 2.73 bits per heavy atom. The minimum Gasteiger partial charge on any atom is -0.479 e. The van der Waals surface area contributed by atoms with E-state index < -0.39 is 12.1 Å². The van der Waals surface area contributed by atoms with Gasteiger partial charge in [-0.25, -0.2) is 4.79 Å². The lowest BCUT2D eigenvalue weighted by molar-refractivity contribution is -0.149. The van der Waals surface area contributed by atoms with Gasteiger partial charge in [-0.2, -0.15) is 11.8 Å². The van der Waals surface area contributed by atoms with Crippen molar-refractivity contribution in [2.24, 2.45) is 5.92 Å². The number of aliphatic hydroxyl groups excluding tert-OH is 1. The van der Waals surface area contributed by atoms with Crippen LogP contribution in [0, 0.1) is 5.92 Å². The van der Waals surface area contributed by atoms with E-state index in [1.165, 1.54) is 0 Å². The SMILES string of the molecule is CC1SCCC1C(O)C(=O)O. The van der Waals surface area contributed by atoms with Gasteiger partial charge in [0.1, 0.15) is 0 Å². The van der Waals surface area contributed by atoms with Crippen molar-refractivity contribution in [3.05, 3.63) is 0 Å². The van der Waals surface area contributed by atoms with Gasteiger partial charge in [0, 0.05) is 11.2 Å². The van der Waals surface area contributed by atoms with Crippen molar-refractivity contribution in [2.75, 3.05) is 5.75 Å². The van der Waals surface area contributed by atoms with Crippen LogP contribution in [-0.4, -0.2) is 33.3 Å². The highest BCUT2D eigenvalue weighted by atomic mass is 32.2. The van der Waals surface area contributed by atoms with Gasteiger partial charge >= 0.3 is 5.97 Å². The van der Waals surface area contributed by atoms with Crippen LogP contribution in [0.15, 0.2) is 0 Å². The van der Waals surface area contributed by atoms with Crippen LogP contribution in [-0.2, 0) is 4.79 Å². The fourth-order valence-corrected chi connectivity index (χ4v) is 2.66. The highest BCUT2D eigenvalue weighted by molar-refractivity contribution is 8.00. The van der Waals surface area contributed by atoms with Gasteiger partial charge in [0.25, 0.3) is 0 Å². The van der Waals surface area contributed by atoms with Crippen LogP contribution in [0.3, 0.4) is 0 Å². The van der Waals surface area contributed by atoms with Crippen LogP contribution < -0.4 is 0 Å². The highest BCUT2D eigenvalue weighted by Crippen LogP contribution is 2.33. The lowest BCUT2D eigenvalue weighted by atomic mass is 9.97. The third-order valence-electron chi connectivity index (χ3n) is 2.09. The molecular formula is C7H12O3S. The van der Waals surface area contributed by atoms with Gasteiger partial charge in [0.05, 0.1) is 0 Å². The number of carboxylic acid groups (broad SMARTS) is 1. The summed E-state index contributed by atoms with van der Waals surface area (Å²) < 4.78 is 0. The van der Waals surface area contributed by atoms with E-state index in [9.17, 15) is 9.90 Å². The van der Waals surface area contributed by atoms with Crippen molar-refractivity contribution in [1.29, 1.82) is 0 Å². The standard InChI is InChI=1S/C7H12O3S/c1-4-5(2-3-11-4)6(8)7(9)10/h4-6,8H,2-3H2,1H3,(H,9,10). The molecular weight excluding hydrogens is 164 g/mol. The van der Waals surface area contributed by atoms with Crippen LogP contribution in [0.4, 0.5) is 0 Å². The molecule has 1 saturated heterocycles. The summed E-state index contributed by atoms with van der Waals surface area (Å²) >= 11 is 1.73. The summed E-state index contributed by atoms with van der Waals surface area (Å²) in [6, 6.07) is 0. The molecule has 2 N–H and O–H groups in total. The van der Waals surface area contributed by atoms with E-state index in [0.29, 0.717) is 0 Å². The van der Waals surface area contributed by atoms with Crippen LogP contribution in [0.1, 0.15) is 13.3 Å². The maximum atomic E-state index is 10.4. The Morgan fingerprint density at radius 2 is 2.36 bits per heavy atom. The minimum absolute atomic E-state index is 0.0579. The molecule has 0 aromatic heterocycles. The molecule has 64 valence electrons. The van der Waals surface area contributed by atoms with Crippen molar-refractivity contribution in [3.63, 3.8) is 0 Å². The molecule has 1 aliphatic rings. The molecule has 3 nitrogen and oxygen atoms in total. The van der Waals surface area contributed by atoms with Crippen molar-refractivity contribution in [3.8, 4) is 0 Å². The van der Waals surface area contributed by atoms with Crippen molar-refractivity contribution in [2.45, 2.75) is 24.7 Å². The van der Waals surface area contributed by atoms with Crippen LogP contribution >= 0.6 is 11.8 Å². The number of carboxylic acids is 1. The summed E-state index contributed by atoms with van der Waals surface area (Å²) in [5.74, 6) is -0.183. The zero-order valence-electron chi connectivity index (χ0n) is 6.36. The molecule has 3 atom stereocenters. The Balaban J connectivity index is 2.52. The molecule has 0 spiro atoms. The average Bonchev–Trinajstić information content (AvgIpc) is 2.33. The Bertz CT molecular complexity index is 160. The van der Waals surface area contributed by atoms with E-state index in [0.717, 1.165) is 12.2 Å². The van der Waals surface area contributed by atoms with Crippen molar-refractivity contribution < 1.29 is 15.0 Å². The molecule has 1 rings (SSSR count). The largest absolute Gasteiger partial charge is 0.479 e. The molecule has 3 unspecified atom stereocenters. The molecule has 11 heavy (non-hydrogen) atoms. The number of thioether (sulfide) groups is 1. The van der Waals surface area contributed by atoms with Gasteiger partial charge in [-0.05, 0) is 12.2 Å². The predicted molar refractivity (Wildman–Crippen MR) is 43.7 cm³/mol. The third-order valence-corrected chi connectivity index (χ3v) is 3.44. The number of rotatable bonds is 2. The second-order valence-corrected chi connectivity index (χ2v) is 4.30. The van der Waals surface area contributed by atoms with E-state index in [1.54, 1.807) is 11.8 Å². The number of carbonyl (C=O) groups is 1. The highest BCUT2D eigenvalue weighted by Gasteiger charge is 2.34. The Morgan fingerprint density at radius 1 is 1.73 bits per heavy atom. The summed E-state index contributed by atoms with van der Waals surface area (Å²) in [6.07, 6.45) is -0.348. The Labute approximate surface area is 69.8 Å². The normalized spacial score (nSPS) is 33.6. The van der Waals surface area contributed by atoms with Gasteiger partial charge in [0.2, 0.25) is 0 Å². The summed E-state index contributed by atoms with van der Waals surface area (Å²) in [7, 11) is 0. The molecule has 1 fully saturated rings. The molecule has 0 aromatic rings. The molecule has 1 aliphatic heterocycles. The van der Waals surface area contributed by atoms with Gasteiger partial charge in [-0.3, -0.25) is 0 Å². The maximum Gasteiger partial charge on any atom is 0.332 e. The van der Waals surface area contributed by atoms with Gasteiger partial charge in [0.15, 0.2) is 6.10 Å². The van der Waals surface area contributed by atoms with Crippen molar-refractivity contribution in [1.82, 2.24) is 0 Å². The number of hydrogen-bond donors (Lipinski definition) is 2. The number of hydrogen-bond acceptors (Lipinski definition) is 3. The first-order valence-corrected chi connectivity index (χ1v) is 4.70. The summed E-state index contributed by atoms with van der Waals surface area (Å²) in [5.41, 5.74) is 0. The first-order valence-electron chi connectivity index (χ1n) is 3.65. The molecule has 1 heterocycles. The lowest BCUT2D eigenvalue weighted by Gasteiger charge is -2.16. The molecule has 0 radical (unpaired) electrons. The third kappa shape index (κ3) is 1.87. The maximum absolute atomic E-state index is 10.4. The molecule has 4 heteroatoms. The van der Waals surface area contributed by atoms with E-state index in [-0.39, 0.29) is 11.2 Å². The zero-order chi connectivity index (χ0) is 8.43. The summed E-state index contributed by atoms with van der Waals surface area (Å²) in [4.78, 5) is 10.4. The second-order valence-electron chi connectivity index (χ2n) is 2.81. The summed E-state index contributed by atoms with van der Waals surface area (Å²) in [5, 5.41) is 18.0. The molecule has 0 saturated carbocycles. The monoisotopic (exact) mass is 176 g/mol. The molecule has 0 aliphatic carbocycles. The van der Waals surface area contributed by atoms with Crippen LogP contribution in [0.2, 0.25) is 0 Å². The molecule has 0 bridgehead atoms. The minimum atomic E-state index is -1.17. The Hall–Kier alpha value is -0.220. The van der Waals surface area contributed by atoms with E-state index >= 15 is 0 Å². The van der Waals surface area contributed by atoms with Crippen LogP contribution in [0.25, 0.3) is 0 Å². The zero-order valence-corrected chi connectivity index (χ0v) is 7.17. The van der Waals surface area contributed by atoms with E-state index in [4.69, 9.17) is 5.11 Å². The predicted octanol–water partition coefficient (Wildman–Crippen LogP) is 0.573.